The Balaban J connectivity index is 1.54. The number of aliphatic hydroxyl groups is 1. The molecule has 0 bridgehead atoms. The average molecular weight is 344 g/mol. The van der Waals surface area contributed by atoms with Gasteiger partial charge in [-0.25, -0.2) is 0 Å². The Morgan fingerprint density at radius 1 is 1.12 bits per heavy atom. The second-order valence-electron chi connectivity index (χ2n) is 7.29. The van der Waals surface area contributed by atoms with Crippen molar-refractivity contribution >= 4 is 11.8 Å². The molecular formula is C20H28N2O3. The third-order valence-corrected chi connectivity index (χ3v) is 5.59. The zero-order valence-electron chi connectivity index (χ0n) is 14.9. The molecule has 1 aromatic carbocycles. The van der Waals surface area contributed by atoms with Crippen LogP contribution < -0.4 is 0 Å². The van der Waals surface area contributed by atoms with Gasteiger partial charge in [-0.1, -0.05) is 43.7 Å². The Bertz CT molecular complexity index is 588. The molecule has 136 valence electrons. The van der Waals surface area contributed by atoms with Crippen molar-refractivity contribution in [1.29, 1.82) is 0 Å². The number of likely N-dealkylation sites (tertiary alicyclic amines) is 2. The van der Waals surface area contributed by atoms with E-state index in [1.165, 1.54) is 10.5 Å². The van der Waals surface area contributed by atoms with Gasteiger partial charge >= 0.3 is 0 Å². The Morgan fingerprint density at radius 3 is 2.44 bits per heavy atom. The van der Waals surface area contributed by atoms with E-state index >= 15 is 0 Å². The van der Waals surface area contributed by atoms with Gasteiger partial charge in [-0.3, -0.25) is 14.5 Å². The lowest BCUT2D eigenvalue weighted by Crippen LogP contribution is -2.46. The normalized spacial score (nSPS) is 26.2. The highest BCUT2D eigenvalue weighted by Gasteiger charge is 2.33. The molecule has 3 atom stereocenters. The average Bonchev–Trinajstić information content (AvgIpc) is 2.94. The maximum Gasteiger partial charge on any atom is 0.229 e. The third kappa shape index (κ3) is 4.28. The number of piperidine rings is 1. The molecule has 0 unspecified atom stereocenters. The van der Waals surface area contributed by atoms with Crippen LogP contribution in [0.4, 0.5) is 0 Å². The lowest BCUT2D eigenvalue weighted by atomic mass is 9.79. The van der Waals surface area contributed by atoms with E-state index in [2.05, 4.69) is 42.2 Å². The first-order valence-electron chi connectivity index (χ1n) is 9.37. The molecule has 2 saturated heterocycles. The molecule has 2 aliphatic heterocycles. The molecule has 5 heteroatoms. The van der Waals surface area contributed by atoms with Gasteiger partial charge < -0.3 is 10.0 Å². The standard InChI is InChI=1S/C20H28N2O3/c1-2-15-12-21(11-10-18(15)16-6-4-3-5-7-16)13-17(23)14-22-19(24)8-9-20(22)25/h3-7,15,17-18,23H,2,8-14H2,1H3/t15-,17-,18+/m1/s1. The molecule has 2 amide bonds. The fourth-order valence-electron chi connectivity index (χ4n) is 4.22. The quantitative estimate of drug-likeness (QED) is 0.802. The molecule has 1 N–H and O–H groups in total. The highest BCUT2D eigenvalue weighted by atomic mass is 16.3. The summed E-state index contributed by atoms with van der Waals surface area (Å²) in [7, 11) is 0. The summed E-state index contributed by atoms with van der Waals surface area (Å²) >= 11 is 0. The van der Waals surface area contributed by atoms with Crippen molar-refractivity contribution in [2.45, 2.75) is 44.6 Å². The number of carbonyl (C=O) groups is 2. The minimum atomic E-state index is -0.670. The molecule has 0 spiro atoms. The summed E-state index contributed by atoms with van der Waals surface area (Å²) in [5.74, 6) is 0.830. The zero-order valence-corrected chi connectivity index (χ0v) is 14.9. The fourth-order valence-corrected chi connectivity index (χ4v) is 4.22. The fraction of sp³-hybridized carbons (Fsp3) is 0.600. The second-order valence-corrected chi connectivity index (χ2v) is 7.29. The van der Waals surface area contributed by atoms with Gasteiger partial charge in [0.15, 0.2) is 0 Å². The molecule has 1 aromatic rings. The van der Waals surface area contributed by atoms with Crippen LogP contribution in [0.2, 0.25) is 0 Å². The number of aliphatic hydroxyl groups excluding tert-OH is 1. The van der Waals surface area contributed by atoms with Gasteiger partial charge in [0, 0.05) is 25.9 Å². The SMILES string of the molecule is CC[C@@H]1CN(C[C@@H](O)CN2C(=O)CCC2=O)CC[C@@H]1c1ccccc1. The molecule has 2 aliphatic rings. The topological polar surface area (TPSA) is 60.9 Å². The van der Waals surface area contributed by atoms with E-state index in [-0.39, 0.29) is 31.2 Å². The van der Waals surface area contributed by atoms with E-state index < -0.39 is 6.10 Å². The van der Waals surface area contributed by atoms with Crippen LogP contribution in [0.25, 0.3) is 0 Å². The monoisotopic (exact) mass is 344 g/mol. The van der Waals surface area contributed by atoms with Crippen molar-refractivity contribution in [1.82, 2.24) is 9.80 Å². The predicted octanol–water partition coefficient (Wildman–Crippen LogP) is 2.01. The summed E-state index contributed by atoms with van der Waals surface area (Å²) in [6.45, 7) is 4.77. The summed E-state index contributed by atoms with van der Waals surface area (Å²) in [6.07, 6.45) is 2.08. The number of imide groups is 1. The Kier molecular flexibility index (Phi) is 5.86. The number of carbonyl (C=O) groups excluding carboxylic acids is 2. The Morgan fingerprint density at radius 2 is 1.80 bits per heavy atom. The first-order valence-corrected chi connectivity index (χ1v) is 9.37. The van der Waals surface area contributed by atoms with E-state index in [9.17, 15) is 14.7 Å². The maximum atomic E-state index is 11.7. The van der Waals surface area contributed by atoms with Crippen LogP contribution in [0.3, 0.4) is 0 Å². The van der Waals surface area contributed by atoms with Crippen molar-refractivity contribution in [2.24, 2.45) is 5.92 Å². The number of hydrogen-bond acceptors (Lipinski definition) is 4. The van der Waals surface area contributed by atoms with Gasteiger partial charge in [0.05, 0.1) is 12.6 Å². The molecule has 2 heterocycles. The van der Waals surface area contributed by atoms with Crippen molar-refractivity contribution in [3.63, 3.8) is 0 Å². The smallest absolute Gasteiger partial charge is 0.229 e. The first kappa shape index (κ1) is 18.1. The van der Waals surface area contributed by atoms with Crippen molar-refractivity contribution in [3.8, 4) is 0 Å². The van der Waals surface area contributed by atoms with Crippen molar-refractivity contribution in [2.75, 3.05) is 26.2 Å². The van der Waals surface area contributed by atoms with Crippen LogP contribution in [0.5, 0.6) is 0 Å². The predicted molar refractivity (Wildman–Crippen MR) is 96.0 cm³/mol. The lowest BCUT2D eigenvalue weighted by molar-refractivity contribution is -0.140. The highest BCUT2D eigenvalue weighted by molar-refractivity contribution is 6.01. The maximum absolute atomic E-state index is 11.7. The van der Waals surface area contributed by atoms with Crippen LogP contribution in [0.15, 0.2) is 30.3 Å². The van der Waals surface area contributed by atoms with Crippen LogP contribution in [-0.2, 0) is 9.59 Å². The summed E-state index contributed by atoms with van der Waals surface area (Å²) in [6, 6.07) is 10.7. The largest absolute Gasteiger partial charge is 0.390 e. The number of benzene rings is 1. The minimum Gasteiger partial charge on any atom is -0.390 e. The van der Waals surface area contributed by atoms with Crippen molar-refractivity contribution < 1.29 is 14.7 Å². The summed E-state index contributed by atoms with van der Waals surface area (Å²) in [5, 5.41) is 10.4. The van der Waals surface area contributed by atoms with Crippen molar-refractivity contribution in [3.05, 3.63) is 35.9 Å². The van der Waals surface area contributed by atoms with Crippen LogP contribution in [0, 0.1) is 5.92 Å². The van der Waals surface area contributed by atoms with Gasteiger partial charge in [-0.15, -0.1) is 0 Å². The van der Waals surface area contributed by atoms with Gasteiger partial charge in [0.2, 0.25) is 11.8 Å². The van der Waals surface area contributed by atoms with Crippen LogP contribution in [-0.4, -0.2) is 59.0 Å². The van der Waals surface area contributed by atoms with Gasteiger partial charge in [-0.05, 0) is 30.4 Å². The number of nitrogens with zero attached hydrogens (tertiary/aromatic N) is 2. The van der Waals surface area contributed by atoms with Crippen LogP contribution >= 0.6 is 0 Å². The second kappa shape index (κ2) is 8.11. The van der Waals surface area contributed by atoms with Crippen LogP contribution in [0.1, 0.15) is 44.1 Å². The highest BCUT2D eigenvalue weighted by Crippen LogP contribution is 2.34. The summed E-state index contributed by atoms with van der Waals surface area (Å²) in [5.41, 5.74) is 1.41. The number of β-amino-alcohol motifs (C(OH)–C–C–N with tert-alkyl or cyclic N) is 1. The van der Waals surface area contributed by atoms with E-state index in [0.29, 0.717) is 18.4 Å². The van der Waals surface area contributed by atoms with Gasteiger partial charge in [0.1, 0.15) is 0 Å². The molecular weight excluding hydrogens is 316 g/mol. The van der Waals surface area contributed by atoms with Gasteiger partial charge in [0.25, 0.3) is 0 Å². The van der Waals surface area contributed by atoms with E-state index in [0.717, 1.165) is 25.9 Å². The first-order chi connectivity index (χ1) is 12.1. The van der Waals surface area contributed by atoms with E-state index in [1.807, 2.05) is 0 Å². The number of amides is 2. The molecule has 0 radical (unpaired) electrons. The Labute approximate surface area is 149 Å². The Hall–Kier alpha value is -1.72. The molecule has 25 heavy (non-hydrogen) atoms. The van der Waals surface area contributed by atoms with Gasteiger partial charge in [-0.2, -0.15) is 0 Å². The van der Waals surface area contributed by atoms with E-state index in [1.54, 1.807) is 0 Å². The molecule has 5 nitrogen and oxygen atoms in total. The molecule has 3 rings (SSSR count). The number of rotatable bonds is 6. The zero-order chi connectivity index (χ0) is 17.8. The molecule has 0 aliphatic carbocycles. The summed E-state index contributed by atoms with van der Waals surface area (Å²) < 4.78 is 0. The molecule has 2 fully saturated rings. The number of hydrogen-bond donors (Lipinski definition) is 1. The summed E-state index contributed by atoms with van der Waals surface area (Å²) in [4.78, 5) is 26.9. The van der Waals surface area contributed by atoms with E-state index in [4.69, 9.17) is 0 Å². The molecule has 0 saturated carbocycles. The lowest BCUT2D eigenvalue weighted by Gasteiger charge is -2.39. The third-order valence-electron chi connectivity index (χ3n) is 5.59. The minimum absolute atomic E-state index is 0.132. The molecule has 0 aromatic heterocycles.